The Bertz CT molecular complexity index is 593. The van der Waals surface area contributed by atoms with E-state index in [2.05, 4.69) is 16.0 Å². The van der Waals surface area contributed by atoms with Crippen molar-refractivity contribution in [3.8, 4) is 12.3 Å². The lowest BCUT2D eigenvalue weighted by atomic mass is 10.2. The maximum Gasteiger partial charge on any atom is 0.240 e. The van der Waals surface area contributed by atoms with Crippen molar-refractivity contribution in [2.75, 3.05) is 25.0 Å². The number of aliphatic hydroxyl groups excluding tert-OH is 2. The first-order chi connectivity index (χ1) is 9.40. The molecule has 0 amide bonds. The highest BCUT2D eigenvalue weighted by atomic mass is 32.2. The topological polar surface area (TPSA) is 98.7 Å². The fourth-order valence-electron chi connectivity index (χ4n) is 1.50. The molecule has 0 radical (unpaired) electrons. The van der Waals surface area contributed by atoms with Crippen LogP contribution in [0, 0.1) is 19.3 Å². The predicted octanol–water partition coefficient (Wildman–Crippen LogP) is -0.328. The van der Waals surface area contributed by atoms with E-state index in [0.29, 0.717) is 6.54 Å². The molecule has 0 bridgehead atoms. The Morgan fingerprint density at radius 2 is 2.15 bits per heavy atom. The molecule has 0 fully saturated rings. The number of nitrogens with one attached hydrogen (secondary N) is 2. The van der Waals surface area contributed by atoms with Crippen LogP contribution in [0.1, 0.15) is 5.56 Å². The minimum atomic E-state index is -3.71. The van der Waals surface area contributed by atoms with Crippen molar-refractivity contribution in [2.24, 2.45) is 0 Å². The van der Waals surface area contributed by atoms with Crippen LogP contribution >= 0.6 is 0 Å². The summed E-state index contributed by atoms with van der Waals surface area (Å²) in [6.45, 7) is 1.37. The molecule has 0 aliphatic rings. The first-order valence-corrected chi connectivity index (χ1v) is 7.45. The van der Waals surface area contributed by atoms with E-state index in [9.17, 15) is 8.42 Å². The smallest absolute Gasteiger partial charge is 0.240 e. The Kier molecular flexibility index (Phi) is 5.98. The van der Waals surface area contributed by atoms with Crippen LogP contribution in [0.3, 0.4) is 0 Å². The molecule has 1 unspecified atom stereocenters. The van der Waals surface area contributed by atoms with Gasteiger partial charge in [-0.2, -0.15) is 0 Å². The highest BCUT2D eigenvalue weighted by Crippen LogP contribution is 2.19. The lowest BCUT2D eigenvalue weighted by Gasteiger charge is -2.12. The van der Waals surface area contributed by atoms with Crippen molar-refractivity contribution in [2.45, 2.75) is 17.9 Å². The molecule has 0 saturated heterocycles. The number of rotatable bonds is 7. The van der Waals surface area contributed by atoms with Gasteiger partial charge in [-0.25, -0.2) is 13.1 Å². The second kappa shape index (κ2) is 7.26. The van der Waals surface area contributed by atoms with E-state index in [4.69, 9.17) is 16.6 Å². The van der Waals surface area contributed by atoms with Crippen LogP contribution < -0.4 is 10.0 Å². The van der Waals surface area contributed by atoms with E-state index < -0.39 is 22.7 Å². The van der Waals surface area contributed by atoms with Crippen LogP contribution in [-0.2, 0) is 10.0 Å². The molecular formula is C13H18N2O4S. The average Bonchev–Trinajstić information content (AvgIpc) is 2.43. The fraction of sp³-hybridized carbons (Fsp3) is 0.385. The molecule has 20 heavy (non-hydrogen) atoms. The van der Waals surface area contributed by atoms with Crippen molar-refractivity contribution in [1.29, 1.82) is 0 Å². The van der Waals surface area contributed by atoms with Crippen molar-refractivity contribution in [1.82, 2.24) is 4.72 Å². The monoisotopic (exact) mass is 298 g/mol. The maximum atomic E-state index is 12.0. The van der Waals surface area contributed by atoms with Gasteiger partial charge in [-0.15, -0.1) is 6.42 Å². The molecule has 4 N–H and O–H groups in total. The largest absolute Gasteiger partial charge is 0.394 e. The molecule has 0 spiro atoms. The van der Waals surface area contributed by atoms with Crippen LogP contribution in [0.25, 0.3) is 0 Å². The van der Waals surface area contributed by atoms with Crippen molar-refractivity contribution < 1.29 is 18.6 Å². The predicted molar refractivity (Wildman–Crippen MR) is 76.8 cm³/mol. The number of hydrogen-bond donors (Lipinski definition) is 4. The second-order valence-corrected chi connectivity index (χ2v) is 5.99. The van der Waals surface area contributed by atoms with Gasteiger partial charge in [0, 0.05) is 12.2 Å². The lowest BCUT2D eigenvalue weighted by Crippen LogP contribution is -2.33. The molecule has 1 aromatic rings. The number of anilines is 1. The summed E-state index contributed by atoms with van der Waals surface area (Å²) in [4.78, 5) is 0.0893. The van der Waals surface area contributed by atoms with Gasteiger partial charge in [-0.3, -0.25) is 0 Å². The Labute approximate surface area is 118 Å². The molecule has 0 aliphatic heterocycles. The Hall–Kier alpha value is -1.59. The molecular weight excluding hydrogens is 280 g/mol. The number of aliphatic hydroxyl groups is 2. The molecule has 1 aromatic carbocycles. The van der Waals surface area contributed by atoms with Gasteiger partial charge in [-0.1, -0.05) is 5.92 Å². The van der Waals surface area contributed by atoms with Gasteiger partial charge in [0.25, 0.3) is 0 Å². The first-order valence-electron chi connectivity index (χ1n) is 5.97. The van der Waals surface area contributed by atoms with E-state index in [-0.39, 0.29) is 11.4 Å². The maximum absolute atomic E-state index is 12.0. The zero-order valence-electron chi connectivity index (χ0n) is 11.1. The van der Waals surface area contributed by atoms with E-state index in [1.165, 1.54) is 12.1 Å². The van der Waals surface area contributed by atoms with Gasteiger partial charge in [0.1, 0.15) is 0 Å². The molecule has 6 nitrogen and oxygen atoms in total. The van der Waals surface area contributed by atoms with Crippen LogP contribution in [0.15, 0.2) is 23.1 Å². The van der Waals surface area contributed by atoms with Gasteiger partial charge in [0.05, 0.1) is 24.2 Å². The zero-order chi connectivity index (χ0) is 15.2. The Morgan fingerprint density at radius 1 is 1.45 bits per heavy atom. The van der Waals surface area contributed by atoms with Crippen LogP contribution in [0.4, 0.5) is 5.69 Å². The van der Waals surface area contributed by atoms with Crippen LogP contribution in [0.2, 0.25) is 0 Å². The van der Waals surface area contributed by atoms with Gasteiger partial charge in [0.2, 0.25) is 10.0 Å². The Balaban J connectivity index is 2.86. The molecule has 0 heterocycles. The number of hydrogen-bond acceptors (Lipinski definition) is 5. The van der Waals surface area contributed by atoms with E-state index in [1.807, 2.05) is 0 Å². The summed E-state index contributed by atoms with van der Waals surface area (Å²) in [6.07, 6.45) is 4.02. The zero-order valence-corrected chi connectivity index (χ0v) is 11.9. The average molecular weight is 298 g/mol. The van der Waals surface area contributed by atoms with Crippen molar-refractivity contribution in [3.05, 3.63) is 23.8 Å². The SMILES string of the molecule is C#CCNc1ccc(S(=O)(=O)NCC(O)CO)cc1C. The third kappa shape index (κ3) is 4.51. The molecule has 0 aromatic heterocycles. The number of sulfonamides is 1. The van der Waals surface area contributed by atoms with Gasteiger partial charge < -0.3 is 15.5 Å². The summed E-state index contributed by atoms with van der Waals surface area (Å²) in [5.74, 6) is 2.43. The number of benzene rings is 1. The number of aryl methyl sites for hydroxylation is 1. The summed E-state index contributed by atoms with van der Waals surface area (Å²) >= 11 is 0. The minimum Gasteiger partial charge on any atom is -0.394 e. The molecule has 7 heteroatoms. The van der Waals surface area contributed by atoms with Crippen LogP contribution in [0.5, 0.6) is 0 Å². The quantitative estimate of drug-likeness (QED) is 0.517. The summed E-state index contributed by atoms with van der Waals surface area (Å²) in [7, 11) is -3.71. The third-order valence-electron chi connectivity index (χ3n) is 2.61. The van der Waals surface area contributed by atoms with E-state index in [0.717, 1.165) is 11.3 Å². The summed E-state index contributed by atoms with van der Waals surface area (Å²) < 4.78 is 26.2. The van der Waals surface area contributed by atoms with E-state index in [1.54, 1.807) is 13.0 Å². The molecule has 110 valence electrons. The highest BCUT2D eigenvalue weighted by Gasteiger charge is 2.16. The number of terminal acetylenes is 1. The third-order valence-corrected chi connectivity index (χ3v) is 4.03. The fourth-order valence-corrected chi connectivity index (χ4v) is 2.66. The summed E-state index contributed by atoms with van der Waals surface area (Å²) in [5.41, 5.74) is 1.50. The summed E-state index contributed by atoms with van der Waals surface area (Å²) in [6, 6.07) is 4.58. The first kappa shape index (κ1) is 16.5. The van der Waals surface area contributed by atoms with Gasteiger partial charge in [0.15, 0.2) is 0 Å². The standard InChI is InChI=1S/C13H18N2O4S/c1-3-6-14-13-5-4-12(7-10(13)2)20(18,19)15-8-11(17)9-16/h1,4-5,7,11,14-17H,6,8-9H2,2H3. The van der Waals surface area contributed by atoms with Crippen molar-refractivity contribution in [3.63, 3.8) is 0 Å². The minimum absolute atomic E-state index is 0.0893. The van der Waals surface area contributed by atoms with E-state index >= 15 is 0 Å². The lowest BCUT2D eigenvalue weighted by molar-refractivity contribution is 0.0988. The van der Waals surface area contributed by atoms with Crippen LogP contribution in [-0.4, -0.2) is 44.4 Å². The molecule has 0 aliphatic carbocycles. The van der Waals surface area contributed by atoms with Crippen molar-refractivity contribution >= 4 is 15.7 Å². The highest BCUT2D eigenvalue weighted by molar-refractivity contribution is 7.89. The Morgan fingerprint density at radius 3 is 2.70 bits per heavy atom. The molecule has 1 atom stereocenters. The second-order valence-electron chi connectivity index (χ2n) is 4.22. The molecule has 1 rings (SSSR count). The van der Waals surface area contributed by atoms with Gasteiger partial charge >= 0.3 is 0 Å². The molecule has 0 saturated carbocycles. The van der Waals surface area contributed by atoms with Gasteiger partial charge in [-0.05, 0) is 30.7 Å². The normalized spacial score (nSPS) is 12.7. The summed E-state index contributed by atoms with van der Waals surface area (Å²) in [5, 5.41) is 20.8.